The number of hydrogen-bond acceptors (Lipinski definition) is 7. The Kier molecular flexibility index (Phi) is 6.09. The second-order valence-corrected chi connectivity index (χ2v) is 7.02. The first-order valence-electron chi connectivity index (χ1n) is 9.88. The standard InChI is InChI=1S/C21H23N5O3/c27-18(7-8-19-25-20(26-29-19)15-9-12-22-13-10-15)24-14-16-4-3-11-23-21(16)28-17-5-1-2-6-17/h3-4,9-13,17H,1-2,5-8,14H2,(H,24,27). The molecule has 8 heteroatoms. The van der Waals surface area contributed by atoms with E-state index < -0.39 is 0 Å². The highest BCUT2D eigenvalue weighted by molar-refractivity contribution is 5.76. The number of hydrogen-bond donors (Lipinski definition) is 1. The number of carbonyl (C=O) groups excluding carboxylic acids is 1. The lowest BCUT2D eigenvalue weighted by atomic mass is 10.2. The van der Waals surface area contributed by atoms with Crippen molar-refractivity contribution in [3.8, 4) is 17.3 Å². The Balaban J connectivity index is 1.27. The fourth-order valence-electron chi connectivity index (χ4n) is 3.31. The minimum atomic E-state index is -0.0932. The van der Waals surface area contributed by atoms with Crippen LogP contribution in [0, 0.1) is 0 Å². The van der Waals surface area contributed by atoms with Gasteiger partial charge in [0.2, 0.25) is 23.5 Å². The first-order chi connectivity index (χ1) is 14.3. The summed E-state index contributed by atoms with van der Waals surface area (Å²) in [5.41, 5.74) is 1.70. The third-order valence-corrected chi connectivity index (χ3v) is 4.88. The van der Waals surface area contributed by atoms with E-state index in [2.05, 4.69) is 25.4 Å². The molecule has 1 aliphatic carbocycles. The first kappa shape index (κ1) is 19.0. The van der Waals surface area contributed by atoms with Crippen molar-refractivity contribution < 1.29 is 14.1 Å². The van der Waals surface area contributed by atoms with Crippen LogP contribution in [0.2, 0.25) is 0 Å². The van der Waals surface area contributed by atoms with Gasteiger partial charge in [-0.25, -0.2) is 4.98 Å². The van der Waals surface area contributed by atoms with Gasteiger partial charge in [-0.2, -0.15) is 4.98 Å². The Morgan fingerprint density at radius 1 is 1.17 bits per heavy atom. The number of aryl methyl sites for hydroxylation is 1. The van der Waals surface area contributed by atoms with Crippen molar-refractivity contribution in [2.45, 2.75) is 51.2 Å². The van der Waals surface area contributed by atoms with Crippen LogP contribution in [-0.4, -0.2) is 32.1 Å². The molecular formula is C21H23N5O3. The fraction of sp³-hybridized carbons (Fsp3) is 0.381. The van der Waals surface area contributed by atoms with Crippen LogP contribution < -0.4 is 10.1 Å². The zero-order valence-corrected chi connectivity index (χ0v) is 16.1. The number of carbonyl (C=O) groups is 1. The van der Waals surface area contributed by atoms with Crippen LogP contribution in [0.25, 0.3) is 11.4 Å². The number of ether oxygens (including phenoxy) is 1. The average Bonchev–Trinajstić information content (AvgIpc) is 3.44. The van der Waals surface area contributed by atoms with Gasteiger partial charge in [0.25, 0.3) is 0 Å². The lowest BCUT2D eigenvalue weighted by Gasteiger charge is -2.15. The van der Waals surface area contributed by atoms with Gasteiger partial charge in [0, 0.05) is 49.1 Å². The molecule has 0 spiro atoms. The van der Waals surface area contributed by atoms with Crippen molar-refractivity contribution in [3.63, 3.8) is 0 Å². The van der Waals surface area contributed by atoms with E-state index in [-0.39, 0.29) is 18.4 Å². The molecule has 1 saturated carbocycles. The normalized spacial score (nSPS) is 14.1. The molecule has 0 radical (unpaired) electrons. The van der Waals surface area contributed by atoms with Gasteiger partial charge in [-0.3, -0.25) is 9.78 Å². The monoisotopic (exact) mass is 393 g/mol. The maximum atomic E-state index is 12.3. The first-order valence-corrected chi connectivity index (χ1v) is 9.88. The second kappa shape index (κ2) is 9.27. The largest absolute Gasteiger partial charge is 0.474 e. The summed E-state index contributed by atoms with van der Waals surface area (Å²) in [7, 11) is 0. The van der Waals surface area contributed by atoms with E-state index in [1.54, 1.807) is 30.7 Å². The van der Waals surface area contributed by atoms with Gasteiger partial charge in [0.05, 0.1) is 0 Å². The maximum Gasteiger partial charge on any atom is 0.227 e. The molecule has 3 aromatic heterocycles. The summed E-state index contributed by atoms with van der Waals surface area (Å²) in [6.45, 7) is 0.376. The van der Waals surface area contributed by atoms with E-state index >= 15 is 0 Å². The number of aromatic nitrogens is 4. The third-order valence-electron chi connectivity index (χ3n) is 4.88. The van der Waals surface area contributed by atoms with Crippen molar-refractivity contribution in [3.05, 3.63) is 54.3 Å². The molecule has 1 aliphatic rings. The second-order valence-electron chi connectivity index (χ2n) is 7.02. The van der Waals surface area contributed by atoms with Crippen LogP contribution in [0.15, 0.2) is 47.4 Å². The average molecular weight is 393 g/mol. The molecule has 3 heterocycles. The minimum absolute atomic E-state index is 0.0932. The maximum absolute atomic E-state index is 12.3. The van der Waals surface area contributed by atoms with Gasteiger partial charge < -0.3 is 14.6 Å². The van der Waals surface area contributed by atoms with Gasteiger partial charge in [0.1, 0.15) is 6.10 Å². The van der Waals surface area contributed by atoms with E-state index in [1.807, 2.05) is 12.1 Å². The van der Waals surface area contributed by atoms with Crippen LogP contribution in [0.4, 0.5) is 0 Å². The summed E-state index contributed by atoms with van der Waals surface area (Å²) in [6.07, 6.45) is 10.4. The highest BCUT2D eigenvalue weighted by atomic mass is 16.5. The van der Waals surface area contributed by atoms with E-state index in [4.69, 9.17) is 9.26 Å². The van der Waals surface area contributed by atoms with E-state index in [0.29, 0.717) is 30.6 Å². The number of pyridine rings is 2. The molecule has 1 N–H and O–H groups in total. The summed E-state index contributed by atoms with van der Waals surface area (Å²) >= 11 is 0. The Bertz CT molecular complexity index is 938. The van der Waals surface area contributed by atoms with Crippen LogP contribution >= 0.6 is 0 Å². The quantitative estimate of drug-likeness (QED) is 0.627. The van der Waals surface area contributed by atoms with Crippen molar-refractivity contribution >= 4 is 5.91 Å². The zero-order valence-electron chi connectivity index (χ0n) is 16.1. The predicted molar refractivity (Wildman–Crippen MR) is 105 cm³/mol. The summed E-state index contributed by atoms with van der Waals surface area (Å²) in [5.74, 6) is 1.44. The number of nitrogens with zero attached hydrogens (tertiary/aromatic N) is 4. The van der Waals surface area contributed by atoms with E-state index in [0.717, 1.165) is 24.0 Å². The highest BCUT2D eigenvalue weighted by Gasteiger charge is 2.19. The number of nitrogens with one attached hydrogen (secondary N) is 1. The van der Waals surface area contributed by atoms with Crippen molar-refractivity contribution in [2.24, 2.45) is 0 Å². The SMILES string of the molecule is O=C(CCc1nc(-c2ccncc2)no1)NCc1cccnc1OC1CCCC1. The van der Waals surface area contributed by atoms with Gasteiger partial charge in [-0.15, -0.1) is 0 Å². The molecule has 150 valence electrons. The summed E-state index contributed by atoms with van der Waals surface area (Å²) in [6, 6.07) is 7.39. The molecule has 0 saturated heterocycles. The molecule has 0 aliphatic heterocycles. The van der Waals surface area contributed by atoms with Crippen LogP contribution in [0.5, 0.6) is 5.88 Å². The molecular weight excluding hydrogens is 370 g/mol. The van der Waals surface area contributed by atoms with Crippen LogP contribution in [-0.2, 0) is 17.8 Å². The van der Waals surface area contributed by atoms with Crippen molar-refractivity contribution in [2.75, 3.05) is 0 Å². The van der Waals surface area contributed by atoms with Gasteiger partial charge in [0.15, 0.2) is 0 Å². The highest BCUT2D eigenvalue weighted by Crippen LogP contribution is 2.25. The molecule has 0 atom stereocenters. The van der Waals surface area contributed by atoms with Crippen molar-refractivity contribution in [1.82, 2.24) is 25.4 Å². The lowest BCUT2D eigenvalue weighted by molar-refractivity contribution is -0.121. The molecule has 3 aromatic rings. The lowest BCUT2D eigenvalue weighted by Crippen LogP contribution is -2.24. The third kappa shape index (κ3) is 5.16. The van der Waals surface area contributed by atoms with Gasteiger partial charge in [-0.05, 0) is 43.9 Å². The summed E-state index contributed by atoms with van der Waals surface area (Å²) < 4.78 is 11.2. The topological polar surface area (TPSA) is 103 Å². The molecule has 0 aromatic carbocycles. The Hall–Kier alpha value is -3.29. The molecule has 29 heavy (non-hydrogen) atoms. The smallest absolute Gasteiger partial charge is 0.227 e. The number of rotatable bonds is 8. The Morgan fingerprint density at radius 3 is 2.83 bits per heavy atom. The molecule has 8 nitrogen and oxygen atoms in total. The molecule has 0 unspecified atom stereocenters. The minimum Gasteiger partial charge on any atom is -0.474 e. The molecule has 1 amide bonds. The fourth-order valence-corrected chi connectivity index (χ4v) is 3.31. The van der Waals surface area contributed by atoms with Crippen LogP contribution in [0.3, 0.4) is 0 Å². The Morgan fingerprint density at radius 2 is 2.00 bits per heavy atom. The summed E-state index contributed by atoms with van der Waals surface area (Å²) in [5, 5.41) is 6.86. The zero-order chi connectivity index (χ0) is 19.9. The molecule has 1 fully saturated rings. The molecule has 4 rings (SSSR count). The molecule has 0 bridgehead atoms. The number of amides is 1. The Labute approximate surface area is 168 Å². The van der Waals surface area contributed by atoms with Gasteiger partial charge in [-0.1, -0.05) is 11.2 Å². The van der Waals surface area contributed by atoms with Crippen molar-refractivity contribution in [1.29, 1.82) is 0 Å². The van der Waals surface area contributed by atoms with E-state index in [1.165, 1.54) is 12.8 Å². The van der Waals surface area contributed by atoms with Gasteiger partial charge >= 0.3 is 0 Å². The van der Waals surface area contributed by atoms with E-state index in [9.17, 15) is 4.79 Å². The van der Waals surface area contributed by atoms with Crippen LogP contribution in [0.1, 0.15) is 43.6 Å². The summed E-state index contributed by atoms with van der Waals surface area (Å²) in [4.78, 5) is 24.9. The predicted octanol–water partition coefficient (Wildman–Crippen LogP) is 3.10.